The molecule has 4 nitrogen and oxygen atoms in total. The van der Waals surface area contributed by atoms with Crippen molar-refractivity contribution in [2.45, 2.75) is 51.3 Å². The molecule has 1 amide bonds. The fourth-order valence-electron chi connectivity index (χ4n) is 4.86. The number of carbonyl (C=O) groups is 1. The van der Waals surface area contributed by atoms with Crippen molar-refractivity contribution >= 4 is 14.0 Å². The molecule has 4 rings (SSSR count). The van der Waals surface area contributed by atoms with E-state index in [2.05, 4.69) is 37.1 Å². The van der Waals surface area contributed by atoms with Crippen LogP contribution in [-0.4, -0.2) is 29.7 Å². The summed E-state index contributed by atoms with van der Waals surface area (Å²) in [6, 6.07) is 30.2. The first-order valence-electron chi connectivity index (χ1n) is 11.9. The van der Waals surface area contributed by atoms with Crippen LogP contribution in [0.15, 0.2) is 102 Å². The largest absolute Gasteiger partial charge is 0.377 e. The summed E-state index contributed by atoms with van der Waals surface area (Å²) in [5.41, 5.74) is 2.52. The zero-order valence-electron chi connectivity index (χ0n) is 20.3. The van der Waals surface area contributed by atoms with Crippen molar-refractivity contribution in [3.63, 3.8) is 0 Å². The van der Waals surface area contributed by atoms with Gasteiger partial charge in [-0.05, 0) is 28.3 Å². The third-order valence-corrected chi connectivity index (χ3v) is 8.56. The summed E-state index contributed by atoms with van der Waals surface area (Å²) < 4.78 is 0. The number of nitrogens with one attached hydrogen (secondary N) is 1. The maximum absolute atomic E-state index is 13.9. The van der Waals surface area contributed by atoms with E-state index >= 15 is 0 Å². The highest BCUT2D eigenvalue weighted by atomic mass is 28.3. The van der Waals surface area contributed by atoms with E-state index in [0.717, 1.165) is 21.9 Å². The minimum atomic E-state index is -2.10. The van der Waals surface area contributed by atoms with Crippen LogP contribution < -0.4 is 5.32 Å². The maximum Gasteiger partial charge on any atom is 0.272 e. The summed E-state index contributed by atoms with van der Waals surface area (Å²) in [6.07, 6.45) is 1.15. The molecule has 0 spiro atoms. The number of nitrogens with zero attached hydrogens (tertiary/aromatic N) is 1. The molecule has 1 unspecified atom stereocenters. The maximum atomic E-state index is 13.9. The Kier molecular flexibility index (Phi) is 7.05. The first-order valence-corrected chi connectivity index (χ1v) is 15.4. The van der Waals surface area contributed by atoms with E-state index in [0.29, 0.717) is 31.6 Å². The zero-order valence-corrected chi connectivity index (χ0v) is 21.3. The monoisotopic (exact) mass is 470 g/mol. The summed E-state index contributed by atoms with van der Waals surface area (Å²) in [5, 5.41) is 16.7. The minimum absolute atomic E-state index is 0.118. The normalized spacial score (nSPS) is 18.5. The van der Waals surface area contributed by atoms with E-state index < -0.39 is 13.8 Å². The van der Waals surface area contributed by atoms with Crippen molar-refractivity contribution < 1.29 is 9.90 Å². The van der Waals surface area contributed by atoms with Crippen LogP contribution in [0.2, 0.25) is 19.6 Å². The van der Waals surface area contributed by atoms with Gasteiger partial charge in [-0.3, -0.25) is 4.79 Å². The Balaban J connectivity index is 1.72. The lowest BCUT2D eigenvalue weighted by atomic mass is 10.0. The molecular weight excluding hydrogens is 436 g/mol. The first kappa shape index (κ1) is 24.0. The zero-order chi connectivity index (χ0) is 24.2. The molecule has 3 aromatic rings. The average Bonchev–Trinajstić information content (AvgIpc) is 3.05. The second-order valence-corrected chi connectivity index (χ2v) is 15.0. The van der Waals surface area contributed by atoms with Crippen LogP contribution in [0.4, 0.5) is 0 Å². The Morgan fingerprint density at radius 3 is 1.82 bits per heavy atom. The topological polar surface area (TPSA) is 52.6 Å². The summed E-state index contributed by atoms with van der Waals surface area (Å²) in [5.74, 6) is -0.118. The molecule has 0 saturated carbocycles. The number of benzene rings is 3. The van der Waals surface area contributed by atoms with Gasteiger partial charge < -0.3 is 15.3 Å². The van der Waals surface area contributed by atoms with E-state index in [1.165, 1.54) is 0 Å². The molecule has 1 aliphatic rings. The number of rotatable bonds is 9. The Bertz CT molecular complexity index is 1140. The average molecular weight is 471 g/mol. The van der Waals surface area contributed by atoms with Gasteiger partial charge in [-0.1, -0.05) is 111 Å². The van der Waals surface area contributed by atoms with E-state index in [9.17, 15) is 9.90 Å². The van der Waals surface area contributed by atoms with Crippen molar-refractivity contribution in [3.05, 3.63) is 119 Å². The molecule has 34 heavy (non-hydrogen) atoms. The van der Waals surface area contributed by atoms with Gasteiger partial charge >= 0.3 is 0 Å². The third kappa shape index (κ3) is 5.16. The SMILES string of the molecule is C[Si](C)(C)C1=C(NCc2ccccc2)C(=O)N(Cc2ccccc2)C1(O)CCc1ccccc1. The summed E-state index contributed by atoms with van der Waals surface area (Å²) >= 11 is 0. The second-order valence-electron chi connectivity index (χ2n) is 10.0. The molecule has 5 heteroatoms. The van der Waals surface area contributed by atoms with Crippen LogP contribution in [-0.2, 0) is 24.3 Å². The van der Waals surface area contributed by atoms with Gasteiger partial charge in [0, 0.05) is 19.5 Å². The van der Waals surface area contributed by atoms with Gasteiger partial charge in [0.15, 0.2) is 5.72 Å². The van der Waals surface area contributed by atoms with Gasteiger partial charge in [0.05, 0.1) is 8.07 Å². The first-order chi connectivity index (χ1) is 16.3. The van der Waals surface area contributed by atoms with Crippen molar-refractivity contribution in [2.75, 3.05) is 0 Å². The van der Waals surface area contributed by atoms with Crippen molar-refractivity contribution in [1.82, 2.24) is 10.2 Å². The molecule has 0 radical (unpaired) electrons. The van der Waals surface area contributed by atoms with Crippen LogP contribution in [0.25, 0.3) is 0 Å². The summed E-state index contributed by atoms with van der Waals surface area (Å²) in [7, 11) is -2.10. The summed E-state index contributed by atoms with van der Waals surface area (Å²) in [4.78, 5) is 15.6. The van der Waals surface area contributed by atoms with Gasteiger partial charge in [-0.2, -0.15) is 0 Å². The van der Waals surface area contributed by atoms with Crippen molar-refractivity contribution in [3.8, 4) is 0 Å². The smallest absolute Gasteiger partial charge is 0.272 e. The van der Waals surface area contributed by atoms with Crippen LogP contribution in [0, 0.1) is 0 Å². The highest BCUT2D eigenvalue weighted by Crippen LogP contribution is 2.42. The molecule has 0 aliphatic carbocycles. The van der Waals surface area contributed by atoms with Gasteiger partial charge in [0.1, 0.15) is 5.70 Å². The fourth-order valence-corrected chi connectivity index (χ4v) is 7.27. The predicted molar refractivity (Wildman–Crippen MR) is 140 cm³/mol. The fraction of sp³-hybridized carbons (Fsp3) is 0.276. The Labute approximate surface area is 204 Å². The molecule has 1 atom stereocenters. The Hall–Kier alpha value is -3.15. The number of aliphatic hydroxyl groups is 1. The van der Waals surface area contributed by atoms with Crippen LogP contribution in [0.5, 0.6) is 0 Å². The van der Waals surface area contributed by atoms with Gasteiger partial charge in [-0.25, -0.2) is 0 Å². The number of aryl methyl sites for hydroxylation is 1. The molecule has 2 N–H and O–H groups in total. The van der Waals surface area contributed by atoms with E-state index in [-0.39, 0.29) is 5.91 Å². The van der Waals surface area contributed by atoms with Crippen LogP contribution >= 0.6 is 0 Å². The van der Waals surface area contributed by atoms with Crippen LogP contribution in [0.3, 0.4) is 0 Å². The van der Waals surface area contributed by atoms with Crippen LogP contribution in [0.1, 0.15) is 23.1 Å². The Morgan fingerprint density at radius 2 is 1.29 bits per heavy atom. The molecule has 1 aliphatic heterocycles. The van der Waals surface area contributed by atoms with E-state index in [4.69, 9.17) is 0 Å². The number of hydrogen-bond acceptors (Lipinski definition) is 3. The van der Waals surface area contributed by atoms with Gasteiger partial charge in [0.2, 0.25) is 0 Å². The molecule has 0 fully saturated rings. The minimum Gasteiger partial charge on any atom is -0.377 e. The number of amides is 1. The molecule has 0 aromatic heterocycles. The Morgan fingerprint density at radius 1 is 0.794 bits per heavy atom. The lowest BCUT2D eigenvalue weighted by Crippen LogP contribution is -2.52. The standard InChI is InChI=1S/C29H34N2O2Si/c1-34(2,3)27-26(30-21-24-15-9-5-10-16-24)28(32)31(22-25-17-11-6-12-18-25)29(27,33)20-19-23-13-7-4-8-14-23/h4-18,30,33H,19-22H2,1-3H3. The van der Waals surface area contributed by atoms with Crippen molar-refractivity contribution in [2.24, 2.45) is 0 Å². The highest BCUT2D eigenvalue weighted by molar-refractivity contribution is 6.84. The predicted octanol–water partition coefficient (Wildman–Crippen LogP) is 5.27. The third-order valence-electron chi connectivity index (χ3n) is 6.41. The molecule has 0 saturated heterocycles. The molecule has 3 aromatic carbocycles. The number of carbonyl (C=O) groups excluding carboxylic acids is 1. The molecule has 1 heterocycles. The van der Waals surface area contributed by atoms with E-state index in [1.807, 2.05) is 78.9 Å². The van der Waals surface area contributed by atoms with Crippen molar-refractivity contribution in [1.29, 1.82) is 0 Å². The van der Waals surface area contributed by atoms with Gasteiger partial charge in [0.25, 0.3) is 5.91 Å². The lowest BCUT2D eigenvalue weighted by molar-refractivity contribution is -0.145. The lowest BCUT2D eigenvalue weighted by Gasteiger charge is -2.40. The highest BCUT2D eigenvalue weighted by Gasteiger charge is 2.53. The van der Waals surface area contributed by atoms with Gasteiger partial charge in [-0.15, -0.1) is 0 Å². The molecule has 176 valence electrons. The number of hydrogen-bond donors (Lipinski definition) is 2. The van der Waals surface area contributed by atoms with E-state index in [1.54, 1.807) is 4.90 Å². The molecular formula is C29H34N2O2Si. The summed E-state index contributed by atoms with van der Waals surface area (Å²) in [6.45, 7) is 7.54. The molecule has 0 bridgehead atoms. The quantitative estimate of drug-likeness (QED) is 0.419. The second kappa shape index (κ2) is 10.00.